The molecule has 1 heterocycles. The molecule has 0 bridgehead atoms. The van der Waals surface area contributed by atoms with Crippen molar-refractivity contribution in [1.29, 1.82) is 0 Å². The van der Waals surface area contributed by atoms with Crippen molar-refractivity contribution in [3.63, 3.8) is 0 Å². The van der Waals surface area contributed by atoms with E-state index in [4.69, 9.17) is 4.74 Å². The molecular formula is C21H26N2O3S. The third-order valence-corrected chi connectivity index (χ3v) is 5.01. The van der Waals surface area contributed by atoms with Gasteiger partial charge in [0.2, 0.25) is 0 Å². The van der Waals surface area contributed by atoms with Gasteiger partial charge in [0.15, 0.2) is 5.16 Å². The van der Waals surface area contributed by atoms with Crippen molar-refractivity contribution in [1.82, 2.24) is 9.55 Å². The molecule has 5 nitrogen and oxygen atoms in total. The van der Waals surface area contributed by atoms with Crippen LogP contribution < -0.4 is 5.56 Å². The van der Waals surface area contributed by atoms with Gasteiger partial charge in [0.25, 0.3) is 5.56 Å². The molecule has 1 aromatic heterocycles. The Hall–Kier alpha value is -2.34. The van der Waals surface area contributed by atoms with E-state index in [1.807, 2.05) is 30.3 Å². The average molecular weight is 387 g/mol. The monoisotopic (exact) mass is 386 g/mol. The van der Waals surface area contributed by atoms with Gasteiger partial charge >= 0.3 is 5.97 Å². The molecule has 0 atom stereocenters. The fourth-order valence-corrected chi connectivity index (χ4v) is 3.42. The van der Waals surface area contributed by atoms with E-state index >= 15 is 0 Å². The highest BCUT2D eigenvalue weighted by Gasteiger charge is 2.10. The molecule has 2 rings (SSSR count). The predicted octanol–water partition coefficient (Wildman–Crippen LogP) is 4.31. The molecule has 0 N–H and O–H groups in total. The Morgan fingerprint density at radius 1 is 1.19 bits per heavy atom. The lowest BCUT2D eigenvalue weighted by atomic mass is 10.2. The molecule has 144 valence electrons. The van der Waals surface area contributed by atoms with Crippen LogP contribution in [-0.4, -0.2) is 27.9 Å². The van der Waals surface area contributed by atoms with Crippen LogP contribution in [0.4, 0.5) is 0 Å². The van der Waals surface area contributed by atoms with E-state index in [0.29, 0.717) is 22.9 Å². The minimum atomic E-state index is -0.324. The summed E-state index contributed by atoms with van der Waals surface area (Å²) >= 11 is 1.59. The van der Waals surface area contributed by atoms with E-state index in [1.165, 1.54) is 0 Å². The first-order valence-electron chi connectivity index (χ1n) is 9.10. The van der Waals surface area contributed by atoms with Crippen LogP contribution >= 0.6 is 11.8 Å². The number of esters is 1. The fourth-order valence-electron chi connectivity index (χ4n) is 2.44. The van der Waals surface area contributed by atoms with E-state index in [2.05, 4.69) is 11.6 Å². The zero-order valence-corrected chi connectivity index (χ0v) is 16.8. The molecular weight excluding hydrogens is 360 g/mol. The van der Waals surface area contributed by atoms with Crippen LogP contribution in [0.15, 0.2) is 58.6 Å². The second-order valence-corrected chi connectivity index (χ2v) is 7.44. The number of hydrogen-bond donors (Lipinski definition) is 0. The summed E-state index contributed by atoms with van der Waals surface area (Å²) in [6.45, 7) is 7.42. The van der Waals surface area contributed by atoms with Crippen LogP contribution in [0.1, 0.15) is 38.2 Å². The zero-order valence-electron chi connectivity index (χ0n) is 15.9. The summed E-state index contributed by atoms with van der Waals surface area (Å²) < 4.78 is 6.75. The quantitative estimate of drug-likeness (QED) is 0.200. The molecule has 0 spiro atoms. The van der Waals surface area contributed by atoms with E-state index in [1.54, 1.807) is 36.4 Å². The normalized spacial score (nSPS) is 10.6. The van der Waals surface area contributed by atoms with Gasteiger partial charge in [-0.1, -0.05) is 49.4 Å². The van der Waals surface area contributed by atoms with Crippen molar-refractivity contribution in [3.05, 3.63) is 64.6 Å². The first-order valence-corrected chi connectivity index (χ1v) is 10.1. The average Bonchev–Trinajstić information content (AvgIpc) is 2.67. The van der Waals surface area contributed by atoms with Crippen molar-refractivity contribution in [2.45, 2.75) is 44.7 Å². The molecule has 2 aromatic rings. The largest absolute Gasteiger partial charge is 0.462 e. The van der Waals surface area contributed by atoms with Crippen LogP contribution in [0.3, 0.4) is 0 Å². The van der Waals surface area contributed by atoms with E-state index in [-0.39, 0.29) is 11.5 Å². The number of benzene rings is 1. The van der Waals surface area contributed by atoms with Gasteiger partial charge in [-0.15, -0.1) is 0 Å². The van der Waals surface area contributed by atoms with Gasteiger partial charge in [-0.05, 0) is 38.8 Å². The number of carbonyl (C=O) groups is 1. The Morgan fingerprint density at radius 2 is 1.89 bits per heavy atom. The molecule has 1 aromatic carbocycles. The van der Waals surface area contributed by atoms with Crippen LogP contribution in [0.5, 0.6) is 0 Å². The SMILES string of the molecule is C=C(C)C(=O)OCCCCCCSc1ncc(C)c(=O)n1-c1ccccc1. The van der Waals surface area contributed by atoms with Crippen molar-refractivity contribution >= 4 is 17.7 Å². The lowest BCUT2D eigenvalue weighted by molar-refractivity contribution is -0.139. The second-order valence-electron chi connectivity index (χ2n) is 6.38. The second kappa shape index (κ2) is 10.7. The maximum atomic E-state index is 12.6. The number of rotatable bonds is 10. The molecule has 0 radical (unpaired) electrons. The number of carbonyl (C=O) groups excluding carboxylic acids is 1. The Balaban J connectivity index is 1.82. The molecule has 0 aliphatic rings. The number of hydrogen-bond acceptors (Lipinski definition) is 5. The van der Waals surface area contributed by atoms with Crippen molar-refractivity contribution in [3.8, 4) is 5.69 Å². The number of aromatic nitrogens is 2. The third-order valence-electron chi connectivity index (χ3n) is 3.97. The number of ether oxygens (including phenoxy) is 1. The van der Waals surface area contributed by atoms with E-state index in [9.17, 15) is 9.59 Å². The van der Waals surface area contributed by atoms with Crippen molar-refractivity contribution in [2.24, 2.45) is 0 Å². The molecule has 0 aliphatic heterocycles. The van der Waals surface area contributed by atoms with Gasteiger partial charge < -0.3 is 4.74 Å². The predicted molar refractivity (Wildman–Crippen MR) is 110 cm³/mol. The Bertz CT molecular complexity index is 831. The van der Waals surface area contributed by atoms with Crippen LogP contribution in [0.25, 0.3) is 5.69 Å². The summed E-state index contributed by atoms with van der Waals surface area (Å²) in [4.78, 5) is 28.3. The van der Waals surface area contributed by atoms with Gasteiger partial charge in [-0.25, -0.2) is 9.78 Å². The minimum absolute atomic E-state index is 0.0296. The summed E-state index contributed by atoms with van der Waals surface area (Å²) in [6.07, 6.45) is 5.54. The van der Waals surface area contributed by atoms with Gasteiger partial charge in [0.1, 0.15) is 0 Å². The highest BCUT2D eigenvalue weighted by molar-refractivity contribution is 7.99. The number of para-hydroxylation sites is 1. The number of aryl methyl sites for hydroxylation is 1. The minimum Gasteiger partial charge on any atom is -0.462 e. The molecule has 0 saturated heterocycles. The smallest absolute Gasteiger partial charge is 0.333 e. The lowest BCUT2D eigenvalue weighted by Gasteiger charge is -2.12. The fraction of sp³-hybridized carbons (Fsp3) is 0.381. The maximum Gasteiger partial charge on any atom is 0.333 e. The van der Waals surface area contributed by atoms with Crippen molar-refractivity contribution in [2.75, 3.05) is 12.4 Å². The summed E-state index contributed by atoms with van der Waals surface area (Å²) in [5, 5.41) is 0.715. The number of unbranched alkanes of at least 4 members (excludes halogenated alkanes) is 3. The standard InChI is InChI=1S/C21H26N2O3S/c1-16(2)20(25)26-13-9-4-5-10-14-27-21-22-15-17(3)19(24)23(21)18-11-7-6-8-12-18/h6-8,11-12,15H,1,4-5,9-10,13-14H2,2-3H3. The molecule has 0 fully saturated rings. The van der Waals surface area contributed by atoms with Crippen LogP contribution in [0.2, 0.25) is 0 Å². The Kier molecular flexibility index (Phi) is 8.33. The summed E-state index contributed by atoms with van der Waals surface area (Å²) in [5.74, 6) is 0.559. The topological polar surface area (TPSA) is 61.2 Å². The van der Waals surface area contributed by atoms with E-state index < -0.39 is 0 Å². The maximum absolute atomic E-state index is 12.6. The van der Waals surface area contributed by atoms with Gasteiger partial charge in [0.05, 0.1) is 12.3 Å². The molecule has 0 unspecified atom stereocenters. The molecule has 0 amide bonds. The van der Waals surface area contributed by atoms with Crippen molar-refractivity contribution < 1.29 is 9.53 Å². The highest BCUT2D eigenvalue weighted by Crippen LogP contribution is 2.20. The van der Waals surface area contributed by atoms with Crippen LogP contribution in [0, 0.1) is 6.92 Å². The Labute approximate surface area is 164 Å². The summed E-state index contributed by atoms with van der Waals surface area (Å²) in [6, 6.07) is 9.59. The summed E-state index contributed by atoms with van der Waals surface area (Å²) in [7, 11) is 0. The molecule has 0 saturated carbocycles. The molecule has 0 aliphatic carbocycles. The van der Waals surface area contributed by atoms with E-state index in [0.717, 1.165) is 37.1 Å². The first-order chi connectivity index (χ1) is 13.0. The zero-order chi connectivity index (χ0) is 19.6. The number of thioether (sulfide) groups is 1. The number of nitrogens with zero attached hydrogens (tertiary/aromatic N) is 2. The van der Waals surface area contributed by atoms with Gasteiger partial charge in [-0.2, -0.15) is 0 Å². The first kappa shape index (κ1) is 21.0. The third kappa shape index (κ3) is 6.40. The van der Waals surface area contributed by atoms with Gasteiger partial charge in [-0.3, -0.25) is 9.36 Å². The highest BCUT2D eigenvalue weighted by atomic mass is 32.2. The van der Waals surface area contributed by atoms with Gasteiger partial charge in [0, 0.05) is 23.1 Å². The van der Waals surface area contributed by atoms with Crippen LogP contribution in [-0.2, 0) is 9.53 Å². The molecule has 6 heteroatoms. The summed E-state index contributed by atoms with van der Waals surface area (Å²) in [5.41, 5.74) is 1.87. The Morgan fingerprint density at radius 3 is 2.59 bits per heavy atom. The molecule has 27 heavy (non-hydrogen) atoms. The lowest BCUT2D eigenvalue weighted by Crippen LogP contribution is -2.23.